The van der Waals surface area contributed by atoms with E-state index in [4.69, 9.17) is 0 Å². The lowest BCUT2D eigenvalue weighted by atomic mass is 9.96. The van der Waals surface area contributed by atoms with E-state index in [2.05, 4.69) is 62.9 Å². The van der Waals surface area contributed by atoms with Crippen LogP contribution in [-0.2, 0) is 19.4 Å². The van der Waals surface area contributed by atoms with Crippen LogP contribution < -0.4 is 0 Å². The van der Waals surface area contributed by atoms with Gasteiger partial charge in [0.05, 0.1) is 0 Å². The first-order valence-electron chi connectivity index (χ1n) is 11.4. The topological polar surface area (TPSA) is 34.0 Å². The molecule has 2 bridgehead atoms. The molecule has 1 aromatic carbocycles. The lowest BCUT2D eigenvalue weighted by Gasteiger charge is -2.32. The van der Waals surface area contributed by atoms with Crippen LogP contribution in [0.25, 0.3) is 22.0 Å². The van der Waals surface area contributed by atoms with Crippen molar-refractivity contribution >= 4 is 10.9 Å². The molecule has 0 aliphatic carbocycles. The highest BCUT2D eigenvalue weighted by atomic mass is 15.2. The van der Waals surface area contributed by atoms with Gasteiger partial charge in [0.1, 0.15) is 0 Å². The summed E-state index contributed by atoms with van der Waals surface area (Å²) in [4.78, 5) is 11.4. The van der Waals surface area contributed by atoms with Gasteiger partial charge in [0.15, 0.2) is 0 Å². The molecule has 1 fully saturated rings. The number of hydrogen-bond acceptors (Lipinski definition) is 3. The van der Waals surface area contributed by atoms with E-state index >= 15 is 0 Å². The summed E-state index contributed by atoms with van der Waals surface area (Å²) in [6.45, 7) is 3.05. The molecular formula is C27H28N4. The van der Waals surface area contributed by atoms with Crippen molar-refractivity contribution in [1.82, 2.24) is 19.4 Å². The molecule has 5 heterocycles. The van der Waals surface area contributed by atoms with Crippen molar-refractivity contribution < 1.29 is 0 Å². The largest absolute Gasteiger partial charge is 0.344 e. The first kappa shape index (κ1) is 18.8. The fraction of sp³-hybridized carbons (Fsp3) is 0.333. The van der Waals surface area contributed by atoms with Crippen LogP contribution in [0, 0.1) is 6.92 Å². The van der Waals surface area contributed by atoms with Gasteiger partial charge in [-0.2, -0.15) is 0 Å². The summed E-state index contributed by atoms with van der Waals surface area (Å²) in [6.07, 6.45) is 10.6. The Balaban J connectivity index is 1.47. The van der Waals surface area contributed by atoms with E-state index in [1.165, 1.54) is 40.4 Å². The fourth-order valence-corrected chi connectivity index (χ4v) is 5.71. The van der Waals surface area contributed by atoms with E-state index in [0.717, 1.165) is 25.1 Å². The van der Waals surface area contributed by atoms with Gasteiger partial charge in [-0.3, -0.25) is 14.9 Å². The van der Waals surface area contributed by atoms with Gasteiger partial charge in [0, 0.05) is 71.5 Å². The second-order valence-electron chi connectivity index (χ2n) is 9.16. The summed E-state index contributed by atoms with van der Waals surface area (Å²) in [7, 11) is 2.32. The molecule has 0 spiro atoms. The average Bonchev–Trinajstić information content (AvgIpc) is 3.22. The summed E-state index contributed by atoms with van der Waals surface area (Å²) in [5.74, 6) is 0. The zero-order chi connectivity index (χ0) is 20.9. The molecule has 0 radical (unpaired) electrons. The van der Waals surface area contributed by atoms with Crippen molar-refractivity contribution in [2.75, 3.05) is 7.05 Å². The van der Waals surface area contributed by atoms with Crippen LogP contribution in [-0.4, -0.2) is 32.5 Å². The summed E-state index contributed by atoms with van der Waals surface area (Å²) in [5, 5.41) is 1.43. The van der Waals surface area contributed by atoms with Gasteiger partial charge in [-0.1, -0.05) is 18.2 Å². The summed E-state index contributed by atoms with van der Waals surface area (Å²) >= 11 is 0. The minimum absolute atomic E-state index is 0.544. The lowest BCUT2D eigenvalue weighted by molar-refractivity contribution is 0.222. The number of hydrogen-bond donors (Lipinski definition) is 0. The smallest absolute Gasteiger partial charge is 0.0486 e. The monoisotopic (exact) mass is 408 g/mol. The third kappa shape index (κ3) is 3.09. The quantitative estimate of drug-likeness (QED) is 0.457. The van der Waals surface area contributed by atoms with Gasteiger partial charge in [-0.25, -0.2) is 0 Å². The first-order valence-corrected chi connectivity index (χ1v) is 11.4. The molecule has 2 atom stereocenters. The molecule has 2 unspecified atom stereocenters. The Kier molecular flexibility index (Phi) is 4.43. The van der Waals surface area contributed by atoms with Crippen LogP contribution in [0.5, 0.6) is 0 Å². The average molecular weight is 409 g/mol. The van der Waals surface area contributed by atoms with E-state index in [1.54, 1.807) is 11.3 Å². The number of pyridine rings is 2. The van der Waals surface area contributed by atoms with Gasteiger partial charge in [-0.15, -0.1) is 0 Å². The van der Waals surface area contributed by atoms with Crippen molar-refractivity contribution in [3.05, 3.63) is 83.6 Å². The molecule has 2 aliphatic heterocycles. The highest BCUT2D eigenvalue weighted by molar-refractivity contribution is 5.90. The number of aryl methyl sites for hydroxylation is 3. The zero-order valence-electron chi connectivity index (χ0n) is 18.3. The summed E-state index contributed by atoms with van der Waals surface area (Å²) in [5.41, 5.74) is 9.33. The maximum Gasteiger partial charge on any atom is 0.0486 e. The molecular weight excluding hydrogens is 380 g/mol. The maximum absolute atomic E-state index is 4.50. The molecule has 0 N–H and O–H groups in total. The maximum atomic E-state index is 4.50. The van der Waals surface area contributed by atoms with Gasteiger partial charge in [-0.05, 0) is 74.2 Å². The van der Waals surface area contributed by atoms with Crippen LogP contribution >= 0.6 is 0 Å². The Morgan fingerprint density at radius 3 is 2.77 bits per heavy atom. The van der Waals surface area contributed by atoms with Gasteiger partial charge in [0.2, 0.25) is 0 Å². The number of fused-ring (bicyclic) bond motifs is 6. The first-order chi connectivity index (χ1) is 15.2. The second-order valence-corrected chi connectivity index (χ2v) is 9.16. The van der Waals surface area contributed by atoms with Crippen molar-refractivity contribution in [2.24, 2.45) is 0 Å². The standard InChI is InChI=1S/C27H28N4/c1-18-5-6-19(16-29-18)11-13-31-24-9-7-20(21-4-3-12-28-17-21)14-23(24)27-25-10-8-22(30(25)2)15-26(27)31/h3-7,9,12,14,16-17,22,25H,8,10-11,13,15H2,1-2H3. The van der Waals surface area contributed by atoms with Gasteiger partial charge in [0.25, 0.3) is 0 Å². The normalized spacial score (nSPS) is 20.3. The van der Waals surface area contributed by atoms with Crippen LogP contribution in [0.1, 0.15) is 41.4 Å². The number of likely N-dealkylation sites (N-methyl/N-ethyl adjacent to an activating group) is 1. The minimum atomic E-state index is 0.544. The van der Waals surface area contributed by atoms with E-state index in [1.807, 2.05) is 31.6 Å². The Hall–Kier alpha value is -2.98. The molecule has 3 aromatic heterocycles. The molecule has 4 nitrogen and oxygen atoms in total. The van der Waals surface area contributed by atoms with Crippen LogP contribution in [0.15, 0.2) is 61.1 Å². The Labute approximate surface area is 183 Å². The molecule has 0 saturated carbocycles. The van der Waals surface area contributed by atoms with Crippen LogP contribution in [0.4, 0.5) is 0 Å². The predicted molar refractivity (Wildman–Crippen MR) is 125 cm³/mol. The molecule has 6 rings (SSSR count). The summed E-state index contributed by atoms with van der Waals surface area (Å²) in [6, 6.07) is 16.7. The van der Waals surface area contributed by atoms with Crippen LogP contribution in [0.3, 0.4) is 0 Å². The summed E-state index contributed by atoms with van der Waals surface area (Å²) < 4.78 is 2.61. The Morgan fingerprint density at radius 2 is 1.97 bits per heavy atom. The van der Waals surface area contributed by atoms with E-state index in [0.29, 0.717) is 12.1 Å². The van der Waals surface area contributed by atoms with Crippen molar-refractivity contribution in [2.45, 2.75) is 51.2 Å². The zero-order valence-corrected chi connectivity index (χ0v) is 18.3. The van der Waals surface area contributed by atoms with Crippen molar-refractivity contribution in [1.29, 1.82) is 0 Å². The van der Waals surface area contributed by atoms with E-state index in [-0.39, 0.29) is 0 Å². The molecule has 1 saturated heterocycles. The second kappa shape index (κ2) is 7.31. The highest BCUT2D eigenvalue weighted by Gasteiger charge is 2.40. The number of rotatable bonds is 4. The Bertz CT molecular complexity index is 1240. The number of nitrogens with zero attached hydrogens (tertiary/aromatic N) is 4. The number of benzene rings is 1. The van der Waals surface area contributed by atoms with E-state index < -0.39 is 0 Å². The SMILES string of the molecule is Cc1ccc(CCn2c3c(c4cc(-c5cccnc5)ccc42)C2CCC(C3)N2C)cn1. The molecule has 31 heavy (non-hydrogen) atoms. The van der Waals surface area contributed by atoms with Crippen molar-refractivity contribution in [3.63, 3.8) is 0 Å². The van der Waals surface area contributed by atoms with E-state index in [9.17, 15) is 0 Å². The lowest BCUT2D eigenvalue weighted by Crippen LogP contribution is -2.34. The van der Waals surface area contributed by atoms with Gasteiger partial charge >= 0.3 is 0 Å². The van der Waals surface area contributed by atoms with Gasteiger partial charge < -0.3 is 4.57 Å². The molecule has 2 aliphatic rings. The predicted octanol–water partition coefficient (Wildman–Crippen LogP) is 5.34. The Morgan fingerprint density at radius 1 is 1.03 bits per heavy atom. The highest BCUT2D eigenvalue weighted by Crippen LogP contribution is 2.47. The molecule has 4 heteroatoms. The fourth-order valence-electron chi connectivity index (χ4n) is 5.71. The number of aromatic nitrogens is 3. The van der Waals surface area contributed by atoms with Crippen LogP contribution in [0.2, 0.25) is 0 Å². The minimum Gasteiger partial charge on any atom is -0.344 e. The molecule has 4 aromatic rings. The third-order valence-electron chi connectivity index (χ3n) is 7.41. The molecule has 0 amide bonds. The third-order valence-corrected chi connectivity index (χ3v) is 7.41. The van der Waals surface area contributed by atoms with Crippen molar-refractivity contribution in [3.8, 4) is 11.1 Å². The molecule has 156 valence electrons.